The van der Waals surface area contributed by atoms with Gasteiger partial charge in [0.05, 0.1) is 6.10 Å². The minimum Gasteiger partial charge on any atom is -0.393 e. The summed E-state index contributed by atoms with van der Waals surface area (Å²) in [5.41, 5.74) is 5.11. The largest absolute Gasteiger partial charge is 0.405 e. The number of alkyl halides is 3. The van der Waals surface area contributed by atoms with Crippen LogP contribution in [-0.2, 0) is 0 Å². The van der Waals surface area contributed by atoms with Crippen molar-refractivity contribution in [2.24, 2.45) is 11.7 Å². The van der Waals surface area contributed by atoms with Gasteiger partial charge in [0, 0.05) is 13.1 Å². The SMILES string of the molecule is CN(CC1CC(O)C1)C(CN)C(F)(F)F. The summed E-state index contributed by atoms with van der Waals surface area (Å²) in [7, 11) is 1.43. The number of hydrogen-bond acceptors (Lipinski definition) is 3. The average molecular weight is 226 g/mol. The summed E-state index contributed by atoms with van der Waals surface area (Å²) in [6.07, 6.45) is -3.41. The van der Waals surface area contributed by atoms with Crippen LogP contribution in [0, 0.1) is 5.92 Å². The van der Waals surface area contributed by atoms with Gasteiger partial charge in [-0.2, -0.15) is 13.2 Å². The van der Waals surface area contributed by atoms with E-state index in [0.29, 0.717) is 19.4 Å². The van der Waals surface area contributed by atoms with Crippen LogP contribution in [0.5, 0.6) is 0 Å². The number of rotatable bonds is 4. The summed E-state index contributed by atoms with van der Waals surface area (Å²) in [5, 5.41) is 9.02. The fraction of sp³-hybridized carbons (Fsp3) is 1.00. The number of nitrogens with two attached hydrogens (primary N) is 1. The van der Waals surface area contributed by atoms with Crippen LogP contribution in [0.25, 0.3) is 0 Å². The fourth-order valence-corrected chi connectivity index (χ4v) is 1.95. The molecule has 0 saturated heterocycles. The Kier molecular flexibility index (Phi) is 3.97. The Morgan fingerprint density at radius 1 is 1.47 bits per heavy atom. The van der Waals surface area contributed by atoms with Crippen LogP contribution in [0.2, 0.25) is 0 Å². The quantitative estimate of drug-likeness (QED) is 0.737. The second-order valence-electron chi connectivity index (χ2n) is 4.22. The van der Waals surface area contributed by atoms with Crippen molar-refractivity contribution >= 4 is 0 Å². The lowest BCUT2D eigenvalue weighted by Gasteiger charge is -2.37. The first-order valence-corrected chi connectivity index (χ1v) is 4.99. The Morgan fingerprint density at radius 2 is 2.00 bits per heavy atom. The Bertz CT molecular complexity index is 204. The van der Waals surface area contributed by atoms with E-state index in [1.54, 1.807) is 0 Å². The van der Waals surface area contributed by atoms with Crippen molar-refractivity contribution < 1.29 is 18.3 Å². The van der Waals surface area contributed by atoms with Crippen LogP contribution < -0.4 is 5.73 Å². The van der Waals surface area contributed by atoms with Crippen LogP contribution >= 0.6 is 0 Å². The molecule has 0 bridgehead atoms. The maximum atomic E-state index is 12.4. The molecule has 0 aliphatic heterocycles. The van der Waals surface area contributed by atoms with E-state index in [0.717, 1.165) is 0 Å². The molecule has 6 heteroatoms. The fourth-order valence-electron chi connectivity index (χ4n) is 1.95. The Hall–Kier alpha value is -0.330. The van der Waals surface area contributed by atoms with Gasteiger partial charge >= 0.3 is 6.18 Å². The lowest BCUT2D eigenvalue weighted by Crippen LogP contribution is -2.51. The van der Waals surface area contributed by atoms with Gasteiger partial charge in [-0.15, -0.1) is 0 Å². The van der Waals surface area contributed by atoms with Crippen LogP contribution in [0.4, 0.5) is 13.2 Å². The zero-order chi connectivity index (χ0) is 11.6. The molecule has 1 aliphatic carbocycles. The predicted octanol–water partition coefficient (Wildman–Crippen LogP) is 0.579. The molecule has 0 spiro atoms. The molecule has 1 aliphatic rings. The number of likely N-dealkylation sites (N-methyl/N-ethyl adjacent to an activating group) is 1. The van der Waals surface area contributed by atoms with Gasteiger partial charge in [-0.3, -0.25) is 4.90 Å². The lowest BCUT2D eigenvalue weighted by molar-refractivity contribution is -0.180. The molecule has 1 unspecified atom stereocenters. The van der Waals surface area contributed by atoms with Gasteiger partial charge in [0.2, 0.25) is 0 Å². The molecule has 1 fully saturated rings. The van der Waals surface area contributed by atoms with E-state index in [4.69, 9.17) is 10.8 Å². The summed E-state index contributed by atoms with van der Waals surface area (Å²) < 4.78 is 37.3. The third-order valence-electron chi connectivity index (χ3n) is 2.89. The summed E-state index contributed by atoms with van der Waals surface area (Å²) in [6.45, 7) is -0.0757. The first-order valence-electron chi connectivity index (χ1n) is 4.99. The van der Waals surface area contributed by atoms with E-state index in [1.807, 2.05) is 0 Å². The predicted molar refractivity (Wildman–Crippen MR) is 50.3 cm³/mol. The number of aliphatic hydroxyl groups excluding tert-OH is 1. The molecule has 3 nitrogen and oxygen atoms in total. The molecule has 90 valence electrons. The van der Waals surface area contributed by atoms with Gasteiger partial charge in [-0.05, 0) is 25.8 Å². The molecule has 15 heavy (non-hydrogen) atoms. The maximum absolute atomic E-state index is 12.4. The Morgan fingerprint density at radius 3 is 2.33 bits per heavy atom. The molecule has 0 amide bonds. The number of halogens is 3. The van der Waals surface area contributed by atoms with Crippen LogP contribution in [0.15, 0.2) is 0 Å². The number of aliphatic hydroxyl groups is 1. The van der Waals surface area contributed by atoms with Crippen LogP contribution in [0.1, 0.15) is 12.8 Å². The molecule has 1 saturated carbocycles. The maximum Gasteiger partial charge on any atom is 0.405 e. The van der Waals surface area contributed by atoms with Crippen molar-refractivity contribution in [3.8, 4) is 0 Å². The van der Waals surface area contributed by atoms with Crippen molar-refractivity contribution in [2.75, 3.05) is 20.1 Å². The smallest absolute Gasteiger partial charge is 0.393 e. The van der Waals surface area contributed by atoms with Crippen molar-refractivity contribution in [3.05, 3.63) is 0 Å². The first-order chi connectivity index (χ1) is 6.84. The normalized spacial score (nSPS) is 29.0. The highest BCUT2D eigenvalue weighted by Crippen LogP contribution is 2.30. The molecule has 1 rings (SSSR count). The molecular weight excluding hydrogens is 209 g/mol. The second kappa shape index (κ2) is 4.67. The molecule has 0 aromatic heterocycles. The zero-order valence-electron chi connectivity index (χ0n) is 8.67. The van der Waals surface area contributed by atoms with E-state index in [2.05, 4.69) is 0 Å². The summed E-state index contributed by atoms with van der Waals surface area (Å²) in [4.78, 5) is 1.23. The molecule has 0 aromatic carbocycles. The minimum absolute atomic E-state index is 0.168. The van der Waals surface area contributed by atoms with Gasteiger partial charge in [0.1, 0.15) is 6.04 Å². The Labute approximate surface area is 87.0 Å². The van der Waals surface area contributed by atoms with Crippen LogP contribution in [0.3, 0.4) is 0 Å². The number of nitrogens with zero attached hydrogens (tertiary/aromatic N) is 1. The molecule has 1 atom stereocenters. The van der Waals surface area contributed by atoms with Gasteiger partial charge in [-0.25, -0.2) is 0 Å². The van der Waals surface area contributed by atoms with E-state index < -0.39 is 18.8 Å². The Balaban J connectivity index is 2.40. The van der Waals surface area contributed by atoms with Crippen molar-refractivity contribution in [3.63, 3.8) is 0 Å². The number of hydrogen-bond donors (Lipinski definition) is 2. The third-order valence-corrected chi connectivity index (χ3v) is 2.89. The van der Waals surface area contributed by atoms with E-state index in [1.165, 1.54) is 11.9 Å². The standard InChI is InChI=1S/C9H17F3N2O/c1-14(5-6-2-7(15)3-6)8(4-13)9(10,11)12/h6-8,15H,2-5,13H2,1H3. The molecule has 0 heterocycles. The van der Waals surface area contributed by atoms with E-state index in [9.17, 15) is 13.2 Å². The monoisotopic (exact) mass is 226 g/mol. The van der Waals surface area contributed by atoms with Gasteiger partial charge < -0.3 is 10.8 Å². The highest BCUT2D eigenvalue weighted by molar-refractivity contribution is 4.84. The van der Waals surface area contributed by atoms with E-state index in [-0.39, 0.29) is 12.0 Å². The minimum atomic E-state index is -4.27. The van der Waals surface area contributed by atoms with Gasteiger partial charge in [0.25, 0.3) is 0 Å². The summed E-state index contributed by atoms with van der Waals surface area (Å²) in [6, 6.07) is -1.57. The first kappa shape index (κ1) is 12.7. The van der Waals surface area contributed by atoms with Crippen LogP contribution in [-0.4, -0.2) is 48.5 Å². The van der Waals surface area contributed by atoms with Gasteiger partial charge in [0.15, 0.2) is 0 Å². The van der Waals surface area contributed by atoms with Gasteiger partial charge in [-0.1, -0.05) is 0 Å². The van der Waals surface area contributed by atoms with Crippen molar-refractivity contribution in [1.82, 2.24) is 4.90 Å². The zero-order valence-corrected chi connectivity index (χ0v) is 8.67. The topological polar surface area (TPSA) is 49.5 Å². The second-order valence-corrected chi connectivity index (χ2v) is 4.22. The highest BCUT2D eigenvalue weighted by atomic mass is 19.4. The van der Waals surface area contributed by atoms with Crippen molar-refractivity contribution in [2.45, 2.75) is 31.2 Å². The summed E-state index contributed by atoms with van der Waals surface area (Å²) in [5.74, 6) is 0.168. The highest BCUT2D eigenvalue weighted by Gasteiger charge is 2.42. The third kappa shape index (κ3) is 3.32. The molecular formula is C9H17F3N2O. The van der Waals surface area contributed by atoms with Crippen molar-refractivity contribution in [1.29, 1.82) is 0 Å². The molecule has 0 aromatic rings. The van der Waals surface area contributed by atoms with E-state index >= 15 is 0 Å². The molecule has 0 radical (unpaired) electrons. The average Bonchev–Trinajstić information content (AvgIpc) is 1.99. The summed E-state index contributed by atoms with van der Waals surface area (Å²) >= 11 is 0. The lowest BCUT2D eigenvalue weighted by atomic mass is 9.82. The molecule has 3 N–H and O–H groups in total.